The summed E-state index contributed by atoms with van der Waals surface area (Å²) >= 11 is 0. The van der Waals surface area contributed by atoms with Gasteiger partial charge in [0.25, 0.3) is 0 Å². The summed E-state index contributed by atoms with van der Waals surface area (Å²) in [4.78, 5) is 14.0. The van der Waals surface area contributed by atoms with Crippen molar-refractivity contribution < 1.29 is 9.53 Å². The van der Waals surface area contributed by atoms with E-state index in [1.54, 1.807) is 0 Å². The first-order chi connectivity index (χ1) is 9.21. The lowest BCUT2D eigenvalue weighted by atomic mass is 10.1. The molecular weight excluding hydrogens is 238 g/mol. The largest absolute Gasteiger partial charge is 0.461 e. The van der Waals surface area contributed by atoms with E-state index >= 15 is 0 Å². The first-order valence-electron chi connectivity index (χ1n) is 7.83. The second kappa shape index (κ2) is 12.1. The summed E-state index contributed by atoms with van der Waals surface area (Å²) in [6.45, 7) is 10.3. The number of esters is 1. The monoisotopic (exact) mass is 269 g/mol. The van der Waals surface area contributed by atoms with E-state index in [-0.39, 0.29) is 5.97 Å². The Morgan fingerprint density at radius 2 is 1.63 bits per heavy atom. The van der Waals surface area contributed by atoms with Crippen LogP contribution in [0.4, 0.5) is 0 Å². The molecule has 0 unspecified atom stereocenters. The maximum Gasteiger partial charge on any atom is 0.354 e. The first kappa shape index (κ1) is 18.0. The summed E-state index contributed by atoms with van der Waals surface area (Å²) in [5.74, 6) is -0.181. The summed E-state index contributed by atoms with van der Waals surface area (Å²) < 4.78 is 5.14. The Morgan fingerprint density at radius 1 is 1.00 bits per heavy atom. The summed E-state index contributed by atoms with van der Waals surface area (Å²) in [7, 11) is 0. The van der Waals surface area contributed by atoms with E-state index in [1.807, 2.05) is 6.92 Å². The summed E-state index contributed by atoms with van der Waals surface area (Å²) in [6.07, 6.45) is 9.30. The van der Waals surface area contributed by atoms with Gasteiger partial charge in [-0.15, -0.1) is 0 Å². The third-order valence-electron chi connectivity index (χ3n) is 3.23. The molecular formula is C16H31NO2. The number of hydrogen-bond donors (Lipinski definition) is 0. The zero-order chi connectivity index (χ0) is 14.5. The second-order valence-electron chi connectivity index (χ2n) is 4.69. The van der Waals surface area contributed by atoms with Crippen LogP contribution >= 0.6 is 0 Å². The Morgan fingerprint density at radius 3 is 2.16 bits per heavy atom. The number of carbonyl (C=O) groups excluding carboxylic acids is 1. The zero-order valence-electron chi connectivity index (χ0n) is 13.2. The number of likely N-dealkylation sites (N-methyl/N-ethyl adjacent to an activating group) is 1. The molecule has 112 valence electrons. The molecule has 0 saturated carbocycles. The maximum absolute atomic E-state index is 11.9. The van der Waals surface area contributed by atoms with Gasteiger partial charge in [-0.05, 0) is 33.6 Å². The minimum absolute atomic E-state index is 0.181. The van der Waals surface area contributed by atoms with E-state index in [4.69, 9.17) is 4.74 Å². The number of nitrogens with zero attached hydrogens (tertiary/aromatic N) is 1. The van der Waals surface area contributed by atoms with E-state index in [0.29, 0.717) is 6.61 Å². The van der Waals surface area contributed by atoms with Crippen molar-refractivity contribution in [3.8, 4) is 0 Å². The molecule has 0 rings (SSSR count). The molecule has 0 amide bonds. The molecule has 3 heteroatoms. The zero-order valence-corrected chi connectivity index (χ0v) is 13.2. The molecule has 0 aromatic carbocycles. The average Bonchev–Trinajstić information content (AvgIpc) is 2.41. The predicted molar refractivity (Wildman–Crippen MR) is 81.0 cm³/mol. The van der Waals surface area contributed by atoms with Gasteiger partial charge in [-0.3, -0.25) is 0 Å². The molecule has 0 radical (unpaired) electrons. The van der Waals surface area contributed by atoms with Crippen molar-refractivity contribution in [1.29, 1.82) is 0 Å². The van der Waals surface area contributed by atoms with Crippen LogP contribution in [0, 0.1) is 0 Å². The first-order valence-corrected chi connectivity index (χ1v) is 7.83. The highest BCUT2D eigenvalue weighted by Gasteiger charge is 2.15. The summed E-state index contributed by atoms with van der Waals surface area (Å²) in [6, 6.07) is 0. The SMILES string of the molecule is CCCCCCC/C=C(\C(=O)OCC)N(CC)CC. The lowest BCUT2D eigenvalue weighted by Crippen LogP contribution is -2.28. The summed E-state index contributed by atoms with van der Waals surface area (Å²) in [5.41, 5.74) is 0.738. The summed E-state index contributed by atoms with van der Waals surface area (Å²) in [5, 5.41) is 0. The van der Waals surface area contributed by atoms with E-state index in [2.05, 4.69) is 31.7 Å². The Labute approximate surface area is 119 Å². The minimum Gasteiger partial charge on any atom is -0.461 e. The molecule has 0 aliphatic rings. The Hall–Kier alpha value is -0.990. The molecule has 0 spiro atoms. The van der Waals surface area contributed by atoms with E-state index in [9.17, 15) is 4.79 Å². The molecule has 3 nitrogen and oxygen atoms in total. The molecule has 0 atom stereocenters. The number of allylic oxidation sites excluding steroid dienone is 1. The molecule has 0 N–H and O–H groups in total. The predicted octanol–water partition coefficient (Wildman–Crippen LogP) is 4.14. The van der Waals surface area contributed by atoms with Crippen LogP contribution < -0.4 is 0 Å². The van der Waals surface area contributed by atoms with Crippen molar-refractivity contribution in [1.82, 2.24) is 4.90 Å². The van der Waals surface area contributed by atoms with Gasteiger partial charge in [-0.2, -0.15) is 0 Å². The van der Waals surface area contributed by atoms with Crippen molar-refractivity contribution in [2.75, 3.05) is 19.7 Å². The number of rotatable bonds is 11. The van der Waals surface area contributed by atoms with Gasteiger partial charge in [0.2, 0.25) is 0 Å². The van der Waals surface area contributed by atoms with Crippen molar-refractivity contribution in [3.05, 3.63) is 11.8 Å². The van der Waals surface area contributed by atoms with Crippen molar-refractivity contribution in [2.24, 2.45) is 0 Å². The van der Waals surface area contributed by atoms with E-state index in [0.717, 1.165) is 31.6 Å². The van der Waals surface area contributed by atoms with Gasteiger partial charge in [0, 0.05) is 13.1 Å². The average molecular weight is 269 g/mol. The molecule has 0 aliphatic carbocycles. The lowest BCUT2D eigenvalue weighted by Gasteiger charge is -2.23. The minimum atomic E-state index is -0.181. The fourth-order valence-corrected chi connectivity index (χ4v) is 2.10. The van der Waals surface area contributed by atoms with Crippen LogP contribution in [-0.4, -0.2) is 30.6 Å². The topological polar surface area (TPSA) is 29.5 Å². The van der Waals surface area contributed by atoms with Crippen molar-refractivity contribution in [3.63, 3.8) is 0 Å². The van der Waals surface area contributed by atoms with Gasteiger partial charge < -0.3 is 9.64 Å². The molecule has 0 aromatic heterocycles. The number of carbonyl (C=O) groups is 1. The van der Waals surface area contributed by atoms with Gasteiger partial charge in [0.05, 0.1) is 6.61 Å². The van der Waals surface area contributed by atoms with Crippen LogP contribution in [-0.2, 0) is 9.53 Å². The normalized spacial score (nSPS) is 11.5. The third-order valence-corrected chi connectivity index (χ3v) is 3.23. The number of ether oxygens (including phenoxy) is 1. The molecule has 0 bridgehead atoms. The van der Waals surface area contributed by atoms with Crippen LogP contribution in [0.2, 0.25) is 0 Å². The molecule has 19 heavy (non-hydrogen) atoms. The van der Waals surface area contributed by atoms with Gasteiger partial charge in [-0.1, -0.05) is 38.7 Å². The number of hydrogen-bond acceptors (Lipinski definition) is 3. The van der Waals surface area contributed by atoms with Crippen molar-refractivity contribution >= 4 is 5.97 Å². The fraction of sp³-hybridized carbons (Fsp3) is 0.812. The van der Waals surface area contributed by atoms with Crippen LogP contribution in [0.25, 0.3) is 0 Å². The van der Waals surface area contributed by atoms with Crippen LogP contribution in [0.1, 0.15) is 66.2 Å². The van der Waals surface area contributed by atoms with Gasteiger partial charge in [-0.25, -0.2) is 4.79 Å². The van der Waals surface area contributed by atoms with Gasteiger partial charge in [0.1, 0.15) is 5.70 Å². The Bertz CT molecular complexity index is 257. The quantitative estimate of drug-likeness (QED) is 0.321. The van der Waals surface area contributed by atoms with Crippen LogP contribution in [0.15, 0.2) is 11.8 Å². The maximum atomic E-state index is 11.9. The Balaban J connectivity index is 4.34. The fourth-order valence-electron chi connectivity index (χ4n) is 2.10. The third kappa shape index (κ3) is 7.91. The standard InChI is InChI=1S/C16H31NO2/c1-5-9-10-11-12-13-14-15(16(18)19-8-4)17(6-2)7-3/h14H,5-13H2,1-4H3/b15-14+. The molecule has 0 aliphatic heterocycles. The molecule has 0 fully saturated rings. The van der Waals surface area contributed by atoms with E-state index < -0.39 is 0 Å². The molecule has 0 heterocycles. The van der Waals surface area contributed by atoms with Crippen molar-refractivity contribution in [2.45, 2.75) is 66.2 Å². The highest BCUT2D eigenvalue weighted by molar-refractivity contribution is 5.87. The van der Waals surface area contributed by atoms with Gasteiger partial charge >= 0.3 is 5.97 Å². The number of unbranched alkanes of at least 4 members (excludes halogenated alkanes) is 5. The smallest absolute Gasteiger partial charge is 0.354 e. The van der Waals surface area contributed by atoms with Gasteiger partial charge in [0.15, 0.2) is 0 Å². The second-order valence-corrected chi connectivity index (χ2v) is 4.69. The van der Waals surface area contributed by atoms with Crippen LogP contribution in [0.5, 0.6) is 0 Å². The van der Waals surface area contributed by atoms with Crippen LogP contribution in [0.3, 0.4) is 0 Å². The van der Waals surface area contributed by atoms with E-state index in [1.165, 1.54) is 25.7 Å². The highest BCUT2D eigenvalue weighted by atomic mass is 16.5. The molecule has 0 aromatic rings. The lowest BCUT2D eigenvalue weighted by molar-refractivity contribution is -0.140. The highest BCUT2D eigenvalue weighted by Crippen LogP contribution is 2.11. The molecule has 0 saturated heterocycles. The Kier molecular flexibility index (Phi) is 11.4.